The van der Waals surface area contributed by atoms with Gasteiger partial charge >= 0.3 is 0 Å². The van der Waals surface area contributed by atoms with Crippen LogP contribution in [0.2, 0.25) is 0 Å². The van der Waals surface area contributed by atoms with Gasteiger partial charge < -0.3 is 10.2 Å². The molecule has 0 aromatic carbocycles. The van der Waals surface area contributed by atoms with E-state index in [9.17, 15) is 4.79 Å². The number of hydrogen-bond acceptors (Lipinski definition) is 4. The van der Waals surface area contributed by atoms with Gasteiger partial charge in [-0.1, -0.05) is 12.8 Å². The van der Waals surface area contributed by atoms with Crippen LogP contribution in [0.3, 0.4) is 0 Å². The Bertz CT molecular complexity index is 598. The number of thioether (sulfide) groups is 1. The van der Waals surface area contributed by atoms with Crippen LogP contribution in [-0.4, -0.2) is 37.0 Å². The molecule has 3 heterocycles. The van der Waals surface area contributed by atoms with Crippen LogP contribution < -0.4 is 5.32 Å². The number of carbonyl (C=O) groups is 1. The molecule has 0 atom stereocenters. The summed E-state index contributed by atoms with van der Waals surface area (Å²) in [7, 11) is 0. The van der Waals surface area contributed by atoms with Crippen molar-refractivity contribution in [3.05, 3.63) is 25.8 Å². The molecule has 126 valence electrons. The molecule has 0 bridgehead atoms. The summed E-state index contributed by atoms with van der Waals surface area (Å²) in [5.74, 6) is 1.02. The number of aryl methyl sites for hydroxylation is 1. The van der Waals surface area contributed by atoms with Gasteiger partial charge in [-0.3, -0.25) is 4.79 Å². The minimum absolute atomic E-state index is 0.0965. The number of amides is 1. The van der Waals surface area contributed by atoms with Gasteiger partial charge in [-0.15, -0.1) is 23.1 Å². The van der Waals surface area contributed by atoms with E-state index in [4.69, 9.17) is 0 Å². The van der Waals surface area contributed by atoms with Crippen LogP contribution in [0, 0.1) is 13.8 Å². The summed E-state index contributed by atoms with van der Waals surface area (Å²) in [6, 6.07) is 0. The average molecular weight is 351 g/mol. The van der Waals surface area contributed by atoms with Crippen molar-refractivity contribution >= 4 is 35.1 Å². The van der Waals surface area contributed by atoms with Crippen molar-refractivity contribution in [2.45, 2.75) is 45.3 Å². The third kappa shape index (κ3) is 4.20. The maximum atomic E-state index is 12.4. The topological polar surface area (TPSA) is 32.3 Å². The van der Waals surface area contributed by atoms with E-state index in [-0.39, 0.29) is 5.91 Å². The summed E-state index contributed by atoms with van der Waals surface area (Å²) in [5, 5.41) is 3.11. The Kier molecular flexibility index (Phi) is 5.83. The van der Waals surface area contributed by atoms with Crippen LogP contribution in [0.1, 0.15) is 46.6 Å². The number of fused-ring (bicyclic) bond motifs is 1. The largest absolute Gasteiger partial charge is 0.350 e. The van der Waals surface area contributed by atoms with Crippen molar-refractivity contribution in [1.82, 2.24) is 10.2 Å². The Labute approximate surface area is 147 Å². The number of nitrogens with zero attached hydrogens (tertiary/aromatic N) is 1. The first-order valence-corrected chi connectivity index (χ1v) is 10.4. The average Bonchev–Trinajstić information content (AvgIpc) is 2.73. The Hall–Kier alpha value is -0.780. The zero-order chi connectivity index (χ0) is 16.2. The van der Waals surface area contributed by atoms with Gasteiger partial charge in [0.05, 0.1) is 4.91 Å². The molecule has 1 fully saturated rings. The molecular formula is C18H26N2OS2. The number of nitrogens with one attached hydrogen (secondary N) is 1. The van der Waals surface area contributed by atoms with E-state index in [1.165, 1.54) is 59.7 Å². The molecule has 3 rings (SSSR count). The molecule has 2 aliphatic rings. The second-order valence-electron chi connectivity index (χ2n) is 6.44. The fourth-order valence-electron chi connectivity index (χ4n) is 3.21. The summed E-state index contributed by atoms with van der Waals surface area (Å²) < 4.78 is 0. The van der Waals surface area contributed by atoms with E-state index in [0.717, 1.165) is 23.7 Å². The van der Waals surface area contributed by atoms with Gasteiger partial charge in [0.25, 0.3) is 5.91 Å². The highest BCUT2D eigenvalue weighted by Gasteiger charge is 2.21. The number of likely N-dealkylation sites (tertiary alicyclic amines) is 1. The van der Waals surface area contributed by atoms with E-state index >= 15 is 0 Å². The minimum atomic E-state index is 0.0965. The minimum Gasteiger partial charge on any atom is -0.350 e. The van der Waals surface area contributed by atoms with Crippen molar-refractivity contribution in [2.75, 3.05) is 26.2 Å². The fraction of sp³-hybridized carbons (Fsp3) is 0.611. The molecule has 5 heteroatoms. The predicted octanol–water partition coefficient (Wildman–Crippen LogP) is 3.94. The van der Waals surface area contributed by atoms with Gasteiger partial charge in [0.15, 0.2) is 0 Å². The zero-order valence-corrected chi connectivity index (χ0v) is 15.7. The molecule has 1 aromatic heterocycles. The Morgan fingerprint density at radius 1 is 1.22 bits per heavy atom. The van der Waals surface area contributed by atoms with E-state index < -0.39 is 0 Å². The standard InChI is InChI=1S/C18H26N2OS2/c1-13-14(2)23-16-11-17(22-12-15(13)16)18(21)19-7-10-20-8-5-3-4-6-9-20/h11H,3-10,12H2,1-2H3,(H,19,21). The lowest BCUT2D eigenvalue weighted by molar-refractivity contribution is -0.116. The normalized spacial score (nSPS) is 19.0. The van der Waals surface area contributed by atoms with Crippen LogP contribution in [0.15, 0.2) is 4.91 Å². The lowest BCUT2D eigenvalue weighted by Crippen LogP contribution is -2.35. The number of thiophene rings is 1. The van der Waals surface area contributed by atoms with Crippen molar-refractivity contribution in [3.63, 3.8) is 0 Å². The summed E-state index contributed by atoms with van der Waals surface area (Å²) in [5.41, 5.74) is 2.81. The fourth-order valence-corrected chi connectivity index (χ4v) is 5.59. The molecule has 23 heavy (non-hydrogen) atoms. The summed E-state index contributed by atoms with van der Waals surface area (Å²) in [4.78, 5) is 18.4. The Balaban J connectivity index is 1.52. The summed E-state index contributed by atoms with van der Waals surface area (Å²) in [6.45, 7) is 8.45. The smallest absolute Gasteiger partial charge is 0.257 e. The lowest BCUT2D eigenvalue weighted by atomic mass is 10.1. The molecule has 1 aromatic rings. The Morgan fingerprint density at radius 2 is 1.96 bits per heavy atom. The van der Waals surface area contributed by atoms with Crippen LogP contribution in [0.4, 0.5) is 0 Å². The quantitative estimate of drug-likeness (QED) is 0.892. The first-order valence-electron chi connectivity index (χ1n) is 8.59. The van der Waals surface area contributed by atoms with Crippen LogP contribution >= 0.6 is 23.1 Å². The third-order valence-electron chi connectivity index (χ3n) is 4.81. The highest BCUT2D eigenvalue weighted by Crippen LogP contribution is 2.39. The van der Waals surface area contributed by atoms with Gasteiger partial charge in [0.2, 0.25) is 0 Å². The number of hydrogen-bond donors (Lipinski definition) is 1. The van der Waals surface area contributed by atoms with E-state index in [1.807, 2.05) is 11.3 Å². The molecule has 0 unspecified atom stereocenters. The number of carbonyl (C=O) groups excluding carboxylic acids is 1. The molecule has 2 aliphatic heterocycles. The highest BCUT2D eigenvalue weighted by molar-refractivity contribution is 8.03. The zero-order valence-electron chi connectivity index (χ0n) is 14.1. The third-order valence-corrected chi connectivity index (χ3v) is 7.06. The predicted molar refractivity (Wildman–Crippen MR) is 101 cm³/mol. The molecule has 3 nitrogen and oxygen atoms in total. The van der Waals surface area contributed by atoms with Crippen molar-refractivity contribution in [3.8, 4) is 0 Å². The SMILES string of the molecule is Cc1sc2c(c1C)CSC(C(=O)NCCN1CCCCCC1)=C2. The highest BCUT2D eigenvalue weighted by atomic mass is 32.2. The maximum Gasteiger partial charge on any atom is 0.257 e. The Morgan fingerprint density at radius 3 is 2.70 bits per heavy atom. The first-order chi connectivity index (χ1) is 11.1. The van der Waals surface area contributed by atoms with Crippen LogP contribution in [-0.2, 0) is 10.5 Å². The number of rotatable bonds is 4. The molecule has 0 saturated carbocycles. The summed E-state index contributed by atoms with van der Waals surface area (Å²) >= 11 is 3.48. The second-order valence-corrected chi connectivity index (χ2v) is 8.71. The first kappa shape index (κ1) is 17.1. The van der Waals surface area contributed by atoms with E-state index in [0.29, 0.717) is 0 Å². The van der Waals surface area contributed by atoms with Crippen molar-refractivity contribution in [1.29, 1.82) is 0 Å². The van der Waals surface area contributed by atoms with Crippen molar-refractivity contribution < 1.29 is 4.79 Å². The molecule has 0 spiro atoms. The van der Waals surface area contributed by atoms with Gasteiger partial charge in [-0.2, -0.15) is 0 Å². The summed E-state index contributed by atoms with van der Waals surface area (Å²) in [6.07, 6.45) is 7.39. The molecule has 1 saturated heterocycles. The van der Waals surface area contributed by atoms with Gasteiger partial charge in [-0.05, 0) is 57.0 Å². The van der Waals surface area contributed by atoms with E-state index in [1.54, 1.807) is 11.8 Å². The van der Waals surface area contributed by atoms with E-state index in [2.05, 4.69) is 30.1 Å². The van der Waals surface area contributed by atoms with Crippen LogP contribution in [0.25, 0.3) is 6.08 Å². The second kappa shape index (κ2) is 7.86. The van der Waals surface area contributed by atoms with Gasteiger partial charge in [0.1, 0.15) is 0 Å². The molecule has 0 radical (unpaired) electrons. The van der Waals surface area contributed by atoms with Crippen LogP contribution in [0.5, 0.6) is 0 Å². The molecular weight excluding hydrogens is 324 g/mol. The maximum absolute atomic E-state index is 12.4. The monoisotopic (exact) mass is 350 g/mol. The lowest BCUT2D eigenvalue weighted by Gasteiger charge is -2.20. The van der Waals surface area contributed by atoms with Gasteiger partial charge in [-0.25, -0.2) is 0 Å². The molecule has 1 N–H and O–H groups in total. The van der Waals surface area contributed by atoms with Crippen molar-refractivity contribution in [2.24, 2.45) is 0 Å². The molecule has 0 aliphatic carbocycles. The molecule has 1 amide bonds. The van der Waals surface area contributed by atoms with Gasteiger partial charge in [0, 0.05) is 28.6 Å².